The zero-order valence-corrected chi connectivity index (χ0v) is 11.7. The summed E-state index contributed by atoms with van der Waals surface area (Å²) in [5, 5.41) is 11.4. The maximum absolute atomic E-state index is 12.3. The van der Waals surface area contributed by atoms with Crippen molar-refractivity contribution in [3.63, 3.8) is 0 Å². The smallest absolute Gasteiger partial charge is 0.255 e. The minimum Gasteiger partial charge on any atom is -0.409 e. The molecule has 0 unspecified atom stereocenters. The lowest BCUT2D eigenvalue weighted by Crippen LogP contribution is -2.34. The number of hydrogen-bond donors (Lipinski definition) is 2. The number of nitrogens with two attached hydrogens (primary N) is 1. The van der Waals surface area contributed by atoms with E-state index in [1.54, 1.807) is 11.0 Å². The average Bonchev–Trinajstić information content (AvgIpc) is 2.39. The lowest BCUT2D eigenvalue weighted by molar-refractivity contribution is 0.0767. The van der Waals surface area contributed by atoms with Crippen LogP contribution in [0, 0.1) is 0 Å². The molecular formula is C12H16BrN3O2. The van der Waals surface area contributed by atoms with E-state index in [1.165, 1.54) is 0 Å². The number of carbonyl (C=O) groups excluding carboxylic acids is 1. The Morgan fingerprint density at radius 3 is 2.72 bits per heavy atom. The van der Waals surface area contributed by atoms with Crippen molar-refractivity contribution in [1.29, 1.82) is 0 Å². The van der Waals surface area contributed by atoms with Gasteiger partial charge in [-0.2, -0.15) is 0 Å². The van der Waals surface area contributed by atoms with Gasteiger partial charge in [0.1, 0.15) is 5.84 Å². The fourth-order valence-electron chi connectivity index (χ4n) is 1.51. The molecule has 1 rings (SSSR count). The highest BCUT2D eigenvalue weighted by molar-refractivity contribution is 9.10. The molecule has 0 fully saturated rings. The minimum atomic E-state index is -0.0734. The molecule has 0 saturated heterocycles. The van der Waals surface area contributed by atoms with Crippen molar-refractivity contribution >= 4 is 27.7 Å². The topological polar surface area (TPSA) is 78.9 Å². The van der Waals surface area contributed by atoms with Crippen LogP contribution in [0.4, 0.5) is 0 Å². The Bertz CT molecular complexity index is 449. The Morgan fingerprint density at radius 1 is 1.50 bits per heavy atom. The predicted octanol–water partition coefficient (Wildman–Crippen LogP) is 2.05. The van der Waals surface area contributed by atoms with Crippen molar-refractivity contribution in [2.45, 2.75) is 13.3 Å². The second-order valence-corrected chi connectivity index (χ2v) is 4.56. The van der Waals surface area contributed by atoms with Gasteiger partial charge < -0.3 is 15.8 Å². The maximum atomic E-state index is 12.3. The molecule has 0 aromatic heterocycles. The van der Waals surface area contributed by atoms with Gasteiger partial charge >= 0.3 is 0 Å². The highest BCUT2D eigenvalue weighted by atomic mass is 79.9. The number of benzene rings is 1. The van der Waals surface area contributed by atoms with E-state index in [0.717, 1.165) is 4.47 Å². The summed E-state index contributed by atoms with van der Waals surface area (Å²) in [5.74, 6) is 0.0455. The molecule has 1 amide bonds. The Morgan fingerprint density at radius 2 is 2.17 bits per heavy atom. The van der Waals surface area contributed by atoms with Crippen LogP contribution in [0.3, 0.4) is 0 Å². The van der Waals surface area contributed by atoms with Gasteiger partial charge in [0, 0.05) is 24.0 Å². The predicted molar refractivity (Wildman–Crippen MR) is 73.7 cm³/mol. The number of carbonyl (C=O) groups is 1. The van der Waals surface area contributed by atoms with Crippen molar-refractivity contribution in [2.24, 2.45) is 10.9 Å². The highest BCUT2D eigenvalue weighted by Crippen LogP contribution is 2.17. The molecular weight excluding hydrogens is 298 g/mol. The molecule has 0 aliphatic rings. The zero-order valence-electron chi connectivity index (χ0n) is 10.1. The van der Waals surface area contributed by atoms with Crippen LogP contribution in [0.5, 0.6) is 0 Å². The maximum Gasteiger partial charge on any atom is 0.255 e. The fourth-order valence-corrected chi connectivity index (χ4v) is 1.96. The van der Waals surface area contributed by atoms with Crippen molar-refractivity contribution in [3.8, 4) is 0 Å². The van der Waals surface area contributed by atoms with Crippen LogP contribution in [0.15, 0.2) is 33.9 Å². The summed E-state index contributed by atoms with van der Waals surface area (Å²) >= 11 is 3.35. The summed E-state index contributed by atoms with van der Waals surface area (Å²) in [6.07, 6.45) is 0.348. The van der Waals surface area contributed by atoms with E-state index in [2.05, 4.69) is 21.1 Å². The van der Waals surface area contributed by atoms with Crippen LogP contribution < -0.4 is 5.73 Å². The molecule has 0 saturated carbocycles. The van der Waals surface area contributed by atoms with Gasteiger partial charge in [0.2, 0.25) is 0 Å². The first-order valence-corrected chi connectivity index (χ1v) is 6.39. The second-order valence-electron chi connectivity index (χ2n) is 3.71. The molecule has 1 aromatic carbocycles. The number of amidine groups is 1. The van der Waals surface area contributed by atoms with E-state index in [1.807, 2.05) is 25.1 Å². The number of amides is 1. The van der Waals surface area contributed by atoms with Gasteiger partial charge in [0.05, 0.1) is 5.56 Å². The van der Waals surface area contributed by atoms with Crippen LogP contribution in [0.25, 0.3) is 0 Å². The monoisotopic (exact) mass is 313 g/mol. The van der Waals surface area contributed by atoms with Gasteiger partial charge in [0.25, 0.3) is 5.91 Å². The quantitative estimate of drug-likeness (QED) is 0.378. The highest BCUT2D eigenvalue weighted by Gasteiger charge is 2.16. The Labute approximate surface area is 114 Å². The van der Waals surface area contributed by atoms with E-state index in [4.69, 9.17) is 10.9 Å². The lowest BCUT2D eigenvalue weighted by Gasteiger charge is -2.21. The molecule has 0 aliphatic heterocycles. The molecule has 6 heteroatoms. The molecule has 0 spiro atoms. The number of oxime groups is 1. The van der Waals surface area contributed by atoms with Gasteiger partial charge in [-0.3, -0.25) is 4.79 Å². The van der Waals surface area contributed by atoms with Crippen LogP contribution in [-0.2, 0) is 0 Å². The molecule has 18 heavy (non-hydrogen) atoms. The van der Waals surface area contributed by atoms with Crippen LogP contribution in [-0.4, -0.2) is 34.9 Å². The van der Waals surface area contributed by atoms with Crippen molar-refractivity contribution in [2.75, 3.05) is 13.1 Å². The first kappa shape index (κ1) is 14.5. The SMILES string of the molecule is CCN(CC/C(N)=N/O)C(=O)c1ccccc1Br. The van der Waals surface area contributed by atoms with Crippen LogP contribution in [0.1, 0.15) is 23.7 Å². The third-order valence-corrected chi connectivity index (χ3v) is 3.23. The van der Waals surface area contributed by atoms with Gasteiger partial charge in [-0.1, -0.05) is 17.3 Å². The molecule has 5 nitrogen and oxygen atoms in total. The van der Waals surface area contributed by atoms with E-state index in [9.17, 15) is 4.79 Å². The summed E-state index contributed by atoms with van der Waals surface area (Å²) in [5.41, 5.74) is 6.01. The third-order valence-electron chi connectivity index (χ3n) is 2.54. The van der Waals surface area contributed by atoms with E-state index >= 15 is 0 Å². The van der Waals surface area contributed by atoms with E-state index in [0.29, 0.717) is 25.1 Å². The van der Waals surface area contributed by atoms with E-state index < -0.39 is 0 Å². The number of rotatable bonds is 5. The minimum absolute atomic E-state index is 0.0734. The van der Waals surface area contributed by atoms with Crippen LogP contribution >= 0.6 is 15.9 Å². The fraction of sp³-hybridized carbons (Fsp3) is 0.333. The molecule has 1 aromatic rings. The molecule has 0 radical (unpaired) electrons. The summed E-state index contributed by atoms with van der Waals surface area (Å²) in [6, 6.07) is 7.26. The Balaban J connectivity index is 2.77. The first-order chi connectivity index (χ1) is 8.60. The molecule has 0 aliphatic carbocycles. The van der Waals surface area contributed by atoms with Crippen molar-refractivity contribution < 1.29 is 10.0 Å². The van der Waals surface area contributed by atoms with Gasteiger partial charge in [0.15, 0.2) is 0 Å². The molecule has 0 atom stereocenters. The zero-order chi connectivity index (χ0) is 13.5. The molecule has 0 heterocycles. The molecule has 3 N–H and O–H groups in total. The molecule has 0 bridgehead atoms. The lowest BCUT2D eigenvalue weighted by atomic mass is 10.2. The van der Waals surface area contributed by atoms with Crippen molar-refractivity contribution in [3.05, 3.63) is 34.3 Å². The van der Waals surface area contributed by atoms with Gasteiger partial charge in [-0.25, -0.2) is 0 Å². The van der Waals surface area contributed by atoms with Crippen LogP contribution in [0.2, 0.25) is 0 Å². The Kier molecular flexibility index (Phi) is 5.64. The summed E-state index contributed by atoms with van der Waals surface area (Å²) in [6.45, 7) is 2.88. The normalized spacial score (nSPS) is 11.3. The summed E-state index contributed by atoms with van der Waals surface area (Å²) in [7, 11) is 0. The molecule has 98 valence electrons. The summed E-state index contributed by atoms with van der Waals surface area (Å²) in [4.78, 5) is 13.9. The number of hydrogen-bond acceptors (Lipinski definition) is 3. The first-order valence-electron chi connectivity index (χ1n) is 5.60. The van der Waals surface area contributed by atoms with Crippen molar-refractivity contribution in [1.82, 2.24) is 4.90 Å². The third kappa shape index (κ3) is 3.73. The number of nitrogens with zero attached hydrogens (tertiary/aromatic N) is 2. The van der Waals surface area contributed by atoms with Gasteiger partial charge in [-0.05, 0) is 35.0 Å². The largest absolute Gasteiger partial charge is 0.409 e. The van der Waals surface area contributed by atoms with E-state index in [-0.39, 0.29) is 11.7 Å². The summed E-state index contributed by atoms with van der Waals surface area (Å²) < 4.78 is 0.761. The Hall–Kier alpha value is -1.56. The average molecular weight is 314 g/mol. The van der Waals surface area contributed by atoms with Gasteiger partial charge in [-0.15, -0.1) is 0 Å². The number of halogens is 1. The standard InChI is InChI=1S/C12H16BrN3O2/c1-2-16(8-7-11(14)15-18)12(17)9-5-3-4-6-10(9)13/h3-6,18H,2,7-8H2,1H3,(H2,14,15). The second kappa shape index (κ2) is 7.00.